The van der Waals surface area contributed by atoms with Gasteiger partial charge in [-0.15, -0.1) is 0 Å². The summed E-state index contributed by atoms with van der Waals surface area (Å²) in [4.78, 5) is 24.0. The van der Waals surface area contributed by atoms with Gasteiger partial charge in [0.15, 0.2) is 0 Å². The van der Waals surface area contributed by atoms with Gasteiger partial charge >= 0.3 is 12.2 Å². The summed E-state index contributed by atoms with van der Waals surface area (Å²) < 4.78 is 45.9. The zero-order valence-corrected chi connectivity index (χ0v) is 18.3. The SMILES string of the molecule is COc1cc2c(cc1C(F)(F)F)N(C(=O)N(Cc1cccnc1)c1ccc3[nH]ccc3c1)CC2. The number of fused-ring (bicyclic) bond motifs is 2. The fraction of sp³-hybridized carbons (Fsp3) is 0.200. The number of halogens is 3. The molecule has 0 saturated carbocycles. The van der Waals surface area contributed by atoms with Gasteiger partial charge in [-0.2, -0.15) is 13.2 Å². The zero-order valence-electron chi connectivity index (χ0n) is 18.3. The lowest BCUT2D eigenvalue weighted by Gasteiger charge is -2.29. The van der Waals surface area contributed by atoms with Crippen molar-refractivity contribution in [3.63, 3.8) is 0 Å². The second-order valence-electron chi connectivity index (χ2n) is 8.06. The van der Waals surface area contributed by atoms with Gasteiger partial charge in [-0.05, 0) is 60.0 Å². The van der Waals surface area contributed by atoms with E-state index in [0.717, 1.165) is 22.5 Å². The third-order valence-corrected chi connectivity index (χ3v) is 5.98. The first-order valence-corrected chi connectivity index (χ1v) is 10.7. The number of rotatable bonds is 4. The van der Waals surface area contributed by atoms with Crippen molar-refractivity contribution >= 4 is 28.3 Å². The number of benzene rings is 2. The fourth-order valence-electron chi connectivity index (χ4n) is 4.30. The third-order valence-electron chi connectivity index (χ3n) is 5.98. The summed E-state index contributed by atoms with van der Waals surface area (Å²) in [6, 6.07) is 13.1. The molecule has 0 unspecified atom stereocenters. The summed E-state index contributed by atoms with van der Waals surface area (Å²) in [7, 11) is 1.21. The van der Waals surface area contributed by atoms with E-state index in [1.54, 1.807) is 23.4 Å². The molecule has 4 aromatic rings. The molecule has 3 heterocycles. The number of carbonyl (C=O) groups excluding carboxylic acids is 1. The normalized spacial score (nSPS) is 13.2. The lowest BCUT2D eigenvalue weighted by Crippen LogP contribution is -2.42. The molecule has 1 aliphatic heterocycles. The summed E-state index contributed by atoms with van der Waals surface area (Å²) in [5.74, 6) is -0.245. The molecule has 174 valence electrons. The van der Waals surface area contributed by atoms with Crippen LogP contribution in [-0.4, -0.2) is 29.7 Å². The Hall–Kier alpha value is -4.01. The number of hydrogen-bond acceptors (Lipinski definition) is 3. The van der Waals surface area contributed by atoms with Crippen molar-refractivity contribution in [1.29, 1.82) is 0 Å². The van der Waals surface area contributed by atoms with E-state index >= 15 is 0 Å². The van der Waals surface area contributed by atoms with Crippen LogP contribution in [0.4, 0.5) is 29.3 Å². The van der Waals surface area contributed by atoms with E-state index in [2.05, 4.69) is 9.97 Å². The minimum atomic E-state index is -4.60. The van der Waals surface area contributed by atoms with Crippen LogP contribution in [0.5, 0.6) is 5.75 Å². The zero-order chi connectivity index (χ0) is 23.9. The quantitative estimate of drug-likeness (QED) is 0.415. The van der Waals surface area contributed by atoms with E-state index in [1.807, 2.05) is 36.5 Å². The standard InChI is InChI=1S/C25H21F3N4O2/c1-34-23-12-18-7-10-31(22(18)13-20(23)25(26,27)28)24(33)32(15-16-3-2-8-29-14-16)19-4-5-21-17(11-19)6-9-30-21/h2-6,8-9,11-14,30H,7,10,15H2,1H3. The molecule has 1 N–H and O–H groups in total. The molecule has 0 aliphatic carbocycles. The number of nitrogens with zero attached hydrogens (tertiary/aromatic N) is 3. The Kier molecular flexibility index (Phi) is 5.39. The van der Waals surface area contributed by atoms with Crippen LogP contribution in [0.1, 0.15) is 16.7 Å². The number of amides is 2. The van der Waals surface area contributed by atoms with Gasteiger partial charge in [-0.3, -0.25) is 14.8 Å². The van der Waals surface area contributed by atoms with Crippen LogP contribution in [0.2, 0.25) is 0 Å². The molecular formula is C25H21F3N4O2. The van der Waals surface area contributed by atoms with Crippen LogP contribution in [0.25, 0.3) is 10.9 Å². The highest BCUT2D eigenvalue weighted by Gasteiger charge is 2.38. The van der Waals surface area contributed by atoms with Crippen LogP contribution in [0.15, 0.2) is 67.1 Å². The van der Waals surface area contributed by atoms with Gasteiger partial charge in [0.2, 0.25) is 0 Å². The Morgan fingerprint density at radius 3 is 2.79 bits per heavy atom. The Labute approximate surface area is 193 Å². The smallest absolute Gasteiger partial charge is 0.420 e. The summed E-state index contributed by atoms with van der Waals surface area (Å²) >= 11 is 0. The Morgan fingerprint density at radius 2 is 2.06 bits per heavy atom. The average Bonchev–Trinajstić information content (AvgIpc) is 3.47. The molecule has 0 fully saturated rings. The lowest BCUT2D eigenvalue weighted by atomic mass is 10.1. The topological polar surface area (TPSA) is 61.5 Å². The number of hydrogen-bond donors (Lipinski definition) is 1. The molecule has 5 rings (SSSR count). The van der Waals surface area contributed by atoms with Crippen molar-refractivity contribution in [2.75, 3.05) is 23.5 Å². The van der Waals surface area contributed by atoms with Gasteiger partial charge in [0.1, 0.15) is 5.75 Å². The van der Waals surface area contributed by atoms with E-state index in [4.69, 9.17) is 4.74 Å². The van der Waals surface area contributed by atoms with Crippen molar-refractivity contribution in [3.05, 3.63) is 83.8 Å². The minimum absolute atomic E-state index is 0.219. The van der Waals surface area contributed by atoms with Crippen molar-refractivity contribution in [3.8, 4) is 5.75 Å². The van der Waals surface area contributed by atoms with Gasteiger partial charge in [0, 0.05) is 47.4 Å². The van der Waals surface area contributed by atoms with Gasteiger partial charge in [-0.25, -0.2) is 4.79 Å². The summed E-state index contributed by atoms with van der Waals surface area (Å²) in [5.41, 5.74) is 2.35. The number of methoxy groups -OCH3 is 1. The molecule has 2 aromatic carbocycles. The molecular weight excluding hydrogens is 445 g/mol. The van der Waals surface area contributed by atoms with Crippen LogP contribution >= 0.6 is 0 Å². The molecule has 1 aliphatic rings. The number of carbonyl (C=O) groups is 1. The first-order valence-electron chi connectivity index (χ1n) is 10.7. The van der Waals surface area contributed by atoms with Crippen LogP contribution in [0, 0.1) is 0 Å². The second kappa shape index (κ2) is 8.40. The minimum Gasteiger partial charge on any atom is -0.496 e. The Balaban J connectivity index is 1.56. The summed E-state index contributed by atoms with van der Waals surface area (Å²) in [5, 5.41) is 0.924. The summed E-state index contributed by atoms with van der Waals surface area (Å²) in [6.45, 7) is 0.491. The molecule has 2 aromatic heterocycles. The highest BCUT2D eigenvalue weighted by Crippen LogP contribution is 2.42. The molecule has 0 spiro atoms. The van der Waals surface area contributed by atoms with Gasteiger partial charge in [0.05, 0.1) is 19.2 Å². The molecule has 0 atom stereocenters. The van der Waals surface area contributed by atoms with E-state index in [0.29, 0.717) is 17.7 Å². The van der Waals surface area contributed by atoms with Crippen LogP contribution in [-0.2, 0) is 19.1 Å². The van der Waals surface area contributed by atoms with Crippen molar-refractivity contribution in [2.45, 2.75) is 19.1 Å². The Bertz CT molecular complexity index is 1350. The third kappa shape index (κ3) is 3.93. The highest BCUT2D eigenvalue weighted by atomic mass is 19.4. The number of aromatic nitrogens is 2. The molecule has 6 nitrogen and oxygen atoms in total. The Morgan fingerprint density at radius 1 is 1.21 bits per heavy atom. The number of ether oxygens (including phenoxy) is 1. The van der Waals surface area contributed by atoms with E-state index in [-0.39, 0.29) is 24.5 Å². The van der Waals surface area contributed by atoms with E-state index < -0.39 is 17.8 Å². The number of nitrogens with one attached hydrogen (secondary N) is 1. The fourth-order valence-corrected chi connectivity index (χ4v) is 4.30. The predicted octanol–water partition coefficient (Wildman–Crippen LogP) is 5.78. The maximum absolute atomic E-state index is 13.8. The average molecular weight is 466 g/mol. The maximum atomic E-state index is 13.8. The predicted molar refractivity (Wildman–Crippen MR) is 123 cm³/mol. The number of pyridine rings is 1. The molecule has 0 bridgehead atoms. The second-order valence-corrected chi connectivity index (χ2v) is 8.06. The molecule has 9 heteroatoms. The summed E-state index contributed by atoms with van der Waals surface area (Å²) in [6.07, 6.45) is 0.952. The van der Waals surface area contributed by atoms with Crippen molar-refractivity contribution < 1.29 is 22.7 Å². The largest absolute Gasteiger partial charge is 0.496 e. The van der Waals surface area contributed by atoms with Crippen molar-refractivity contribution in [1.82, 2.24) is 9.97 Å². The number of alkyl halides is 3. The lowest BCUT2D eigenvalue weighted by molar-refractivity contribution is -0.138. The van der Waals surface area contributed by atoms with Crippen molar-refractivity contribution in [2.24, 2.45) is 0 Å². The first kappa shape index (κ1) is 21.8. The van der Waals surface area contributed by atoms with Crippen LogP contribution in [0.3, 0.4) is 0 Å². The first-order chi connectivity index (χ1) is 16.3. The number of anilines is 2. The van der Waals surface area contributed by atoms with Crippen LogP contribution < -0.4 is 14.5 Å². The molecule has 0 radical (unpaired) electrons. The molecule has 2 amide bonds. The highest BCUT2D eigenvalue weighted by molar-refractivity contribution is 6.05. The van der Waals surface area contributed by atoms with Gasteiger partial charge < -0.3 is 9.72 Å². The number of urea groups is 1. The van der Waals surface area contributed by atoms with Gasteiger partial charge in [0.25, 0.3) is 0 Å². The maximum Gasteiger partial charge on any atom is 0.420 e. The van der Waals surface area contributed by atoms with E-state index in [9.17, 15) is 18.0 Å². The molecule has 34 heavy (non-hydrogen) atoms. The number of H-pyrrole nitrogens is 1. The monoisotopic (exact) mass is 466 g/mol. The number of aromatic amines is 1. The molecule has 0 saturated heterocycles. The van der Waals surface area contributed by atoms with Gasteiger partial charge in [-0.1, -0.05) is 6.07 Å². The van der Waals surface area contributed by atoms with E-state index in [1.165, 1.54) is 18.1 Å².